The zero-order valence-corrected chi connectivity index (χ0v) is 17.2. The highest BCUT2D eigenvalue weighted by molar-refractivity contribution is 8.00. The largest absolute Gasteiger partial charge is 0.322 e. The van der Waals surface area contributed by atoms with Gasteiger partial charge in [-0.25, -0.2) is 0 Å². The summed E-state index contributed by atoms with van der Waals surface area (Å²) < 4.78 is 0. The van der Waals surface area contributed by atoms with E-state index in [0.29, 0.717) is 23.5 Å². The van der Waals surface area contributed by atoms with E-state index in [2.05, 4.69) is 5.32 Å². The van der Waals surface area contributed by atoms with Crippen LogP contribution >= 0.6 is 11.8 Å². The first-order valence-electron chi connectivity index (χ1n) is 9.62. The summed E-state index contributed by atoms with van der Waals surface area (Å²) in [5.74, 6) is 0.154. The van der Waals surface area contributed by atoms with Crippen molar-refractivity contribution in [3.8, 4) is 0 Å². The molecule has 3 aromatic rings. The normalized spacial score (nSPS) is 15.7. The fraction of sp³-hybridized carbons (Fsp3) is 0.130. The van der Waals surface area contributed by atoms with Crippen LogP contribution in [0.1, 0.15) is 26.9 Å². The molecule has 0 saturated carbocycles. The van der Waals surface area contributed by atoms with Gasteiger partial charge < -0.3 is 10.2 Å². The topological polar surface area (TPSA) is 92.5 Å². The van der Waals surface area contributed by atoms with Gasteiger partial charge in [-0.1, -0.05) is 48.5 Å². The van der Waals surface area contributed by atoms with Crippen molar-refractivity contribution in [1.29, 1.82) is 0 Å². The van der Waals surface area contributed by atoms with Gasteiger partial charge in [-0.3, -0.25) is 19.7 Å². The van der Waals surface area contributed by atoms with Crippen molar-refractivity contribution in [3.63, 3.8) is 0 Å². The highest BCUT2D eigenvalue weighted by Crippen LogP contribution is 2.39. The highest BCUT2D eigenvalue weighted by atomic mass is 32.2. The van der Waals surface area contributed by atoms with Gasteiger partial charge in [0, 0.05) is 29.9 Å². The first-order chi connectivity index (χ1) is 15.0. The number of thioether (sulfide) groups is 1. The molecule has 3 aromatic carbocycles. The molecule has 0 bridgehead atoms. The average molecular weight is 433 g/mol. The van der Waals surface area contributed by atoms with Crippen LogP contribution < -0.4 is 5.32 Å². The Morgan fingerprint density at radius 2 is 1.81 bits per heavy atom. The number of nitrogens with one attached hydrogen (secondary N) is 1. The molecule has 0 radical (unpaired) electrons. The van der Waals surface area contributed by atoms with Gasteiger partial charge in [0.25, 0.3) is 11.6 Å². The number of anilines is 1. The average Bonchev–Trinajstić information content (AvgIpc) is 3.15. The molecule has 1 N–H and O–H groups in total. The number of nitro benzene ring substituents is 1. The number of hydrogen-bond donors (Lipinski definition) is 1. The number of nitrogens with zero attached hydrogens (tertiary/aromatic N) is 2. The lowest BCUT2D eigenvalue weighted by Crippen LogP contribution is -2.27. The standard InChI is InChI=1S/C23H19N3O4S/c27-21-15-31-23(25(21)14-16-5-2-1-3-6-16)18-11-9-17(10-12-18)22(28)24-19-7-4-8-20(13-19)26(29)30/h1-13,23H,14-15H2,(H,24,28). The second-order valence-corrected chi connectivity index (χ2v) is 8.12. The summed E-state index contributed by atoms with van der Waals surface area (Å²) in [5.41, 5.74) is 2.71. The molecule has 1 unspecified atom stereocenters. The summed E-state index contributed by atoms with van der Waals surface area (Å²) in [7, 11) is 0. The second kappa shape index (κ2) is 9.01. The molecule has 4 rings (SSSR count). The third-order valence-corrected chi connectivity index (χ3v) is 6.19. The van der Waals surface area contributed by atoms with Crippen LogP contribution in [0.15, 0.2) is 78.9 Å². The first-order valence-corrected chi connectivity index (χ1v) is 10.7. The zero-order valence-electron chi connectivity index (χ0n) is 16.4. The van der Waals surface area contributed by atoms with Gasteiger partial charge >= 0.3 is 0 Å². The molecule has 1 aliphatic rings. The minimum Gasteiger partial charge on any atom is -0.322 e. The SMILES string of the molecule is O=C(Nc1cccc([N+](=O)[O-])c1)c1ccc(C2SCC(=O)N2Cc2ccccc2)cc1. The number of carbonyl (C=O) groups is 2. The van der Waals surface area contributed by atoms with Gasteiger partial charge in [0.05, 0.1) is 10.7 Å². The van der Waals surface area contributed by atoms with E-state index in [1.165, 1.54) is 18.2 Å². The molecule has 156 valence electrons. The fourth-order valence-corrected chi connectivity index (χ4v) is 4.57. The van der Waals surface area contributed by atoms with Gasteiger partial charge in [-0.15, -0.1) is 11.8 Å². The van der Waals surface area contributed by atoms with Crippen LogP contribution in [-0.2, 0) is 11.3 Å². The molecule has 31 heavy (non-hydrogen) atoms. The van der Waals surface area contributed by atoms with Crippen molar-refractivity contribution in [2.24, 2.45) is 0 Å². The lowest BCUT2D eigenvalue weighted by Gasteiger charge is -2.24. The number of carbonyl (C=O) groups excluding carboxylic acids is 2. The molecular formula is C23H19N3O4S. The van der Waals surface area contributed by atoms with Crippen molar-refractivity contribution in [3.05, 3.63) is 106 Å². The molecule has 1 fully saturated rings. The van der Waals surface area contributed by atoms with Crippen molar-refractivity contribution < 1.29 is 14.5 Å². The lowest BCUT2D eigenvalue weighted by molar-refractivity contribution is -0.384. The molecule has 8 heteroatoms. The van der Waals surface area contributed by atoms with E-state index < -0.39 is 4.92 Å². The summed E-state index contributed by atoms with van der Waals surface area (Å²) >= 11 is 1.56. The van der Waals surface area contributed by atoms with Crippen molar-refractivity contribution in [2.75, 3.05) is 11.1 Å². The van der Waals surface area contributed by atoms with Gasteiger partial charge in [0.1, 0.15) is 5.37 Å². The Labute approximate surface area is 183 Å². The molecule has 0 spiro atoms. The van der Waals surface area contributed by atoms with Crippen molar-refractivity contribution >= 4 is 35.0 Å². The first kappa shape index (κ1) is 20.6. The van der Waals surface area contributed by atoms with E-state index in [1.54, 1.807) is 30.0 Å². The highest BCUT2D eigenvalue weighted by Gasteiger charge is 2.32. The van der Waals surface area contributed by atoms with Crippen LogP contribution in [0.5, 0.6) is 0 Å². The molecule has 7 nitrogen and oxygen atoms in total. The third kappa shape index (κ3) is 4.75. The van der Waals surface area contributed by atoms with Crippen LogP contribution in [0.3, 0.4) is 0 Å². The molecule has 1 aliphatic heterocycles. The van der Waals surface area contributed by atoms with Crippen LogP contribution in [0.25, 0.3) is 0 Å². The van der Waals surface area contributed by atoms with Crippen LogP contribution in [0, 0.1) is 10.1 Å². The Morgan fingerprint density at radius 1 is 1.06 bits per heavy atom. The Bertz CT molecular complexity index is 1120. The minimum absolute atomic E-state index is 0.0884. The maximum atomic E-state index is 12.5. The number of non-ortho nitro benzene ring substituents is 1. The van der Waals surface area contributed by atoms with Crippen molar-refractivity contribution in [1.82, 2.24) is 4.90 Å². The third-order valence-electron chi connectivity index (χ3n) is 4.94. The smallest absolute Gasteiger partial charge is 0.271 e. The number of amides is 2. The number of nitro groups is 1. The molecular weight excluding hydrogens is 414 g/mol. The van der Waals surface area contributed by atoms with E-state index in [0.717, 1.165) is 11.1 Å². The number of benzene rings is 3. The summed E-state index contributed by atoms with van der Waals surface area (Å²) in [6.07, 6.45) is 0. The summed E-state index contributed by atoms with van der Waals surface area (Å²) in [5, 5.41) is 13.5. The quantitative estimate of drug-likeness (QED) is 0.452. The maximum Gasteiger partial charge on any atom is 0.271 e. The molecule has 2 amide bonds. The molecule has 1 heterocycles. The minimum atomic E-state index is -0.508. The van der Waals surface area contributed by atoms with E-state index in [4.69, 9.17) is 0 Å². The molecule has 0 aliphatic carbocycles. The predicted molar refractivity (Wildman–Crippen MR) is 120 cm³/mol. The molecule has 1 saturated heterocycles. The van der Waals surface area contributed by atoms with Gasteiger partial charge in [0.15, 0.2) is 0 Å². The Hall–Kier alpha value is -3.65. The zero-order chi connectivity index (χ0) is 21.8. The van der Waals surface area contributed by atoms with Crippen molar-refractivity contribution in [2.45, 2.75) is 11.9 Å². The van der Waals surface area contributed by atoms with Gasteiger partial charge in [-0.2, -0.15) is 0 Å². The van der Waals surface area contributed by atoms with Gasteiger partial charge in [0.2, 0.25) is 5.91 Å². The van der Waals surface area contributed by atoms with Crippen LogP contribution in [-0.4, -0.2) is 27.4 Å². The Kier molecular flexibility index (Phi) is 5.99. The maximum absolute atomic E-state index is 12.5. The Morgan fingerprint density at radius 3 is 2.52 bits per heavy atom. The number of rotatable bonds is 6. The van der Waals surface area contributed by atoms with Gasteiger partial charge in [-0.05, 0) is 29.3 Å². The Balaban J connectivity index is 1.47. The van der Waals surface area contributed by atoms with E-state index in [1.807, 2.05) is 47.4 Å². The predicted octanol–water partition coefficient (Wildman–Crippen LogP) is 4.62. The molecule has 0 aromatic heterocycles. The molecule has 1 atom stereocenters. The van der Waals surface area contributed by atoms with Crippen LogP contribution in [0.4, 0.5) is 11.4 Å². The summed E-state index contributed by atoms with van der Waals surface area (Å²) in [4.78, 5) is 37.2. The monoisotopic (exact) mass is 433 g/mol. The number of hydrogen-bond acceptors (Lipinski definition) is 5. The lowest BCUT2D eigenvalue weighted by atomic mass is 10.1. The van der Waals surface area contributed by atoms with E-state index in [9.17, 15) is 19.7 Å². The van der Waals surface area contributed by atoms with Crippen LogP contribution in [0.2, 0.25) is 0 Å². The van der Waals surface area contributed by atoms with E-state index in [-0.39, 0.29) is 22.9 Å². The summed E-state index contributed by atoms with van der Waals surface area (Å²) in [6, 6.07) is 22.7. The fourth-order valence-electron chi connectivity index (χ4n) is 3.38. The summed E-state index contributed by atoms with van der Waals surface area (Å²) in [6.45, 7) is 0.534. The second-order valence-electron chi connectivity index (χ2n) is 7.05. The van der Waals surface area contributed by atoms with E-state index >= 15 is 0 Å².